The van der Waals surface area contributed by atoms with Crippen molar-refractivity contribution in [3.05, 3.63) is 0 Å². The van der Waals surface area contributed by atoms with Crippen molar-refractivity contribution in [2.45, 2.75) is 76.3 Å². The summed E-state index contributed by atoms with van der Waals surface area (Å²) in [5.74, 6) is 0.374. The number of nitrogens with zero attached hydrogens (tertiary/aromatic N) is 4. The Balaban J connectivity index is 2.04. The number of hydrogen-bond donors (Lipinski definition) is 6. The molecule has 0 aliphatic carbocycles. The molecule has 1 fully saturated rings. The molecule has 0 spiro atoms. The summed E-state index contributed by atoms with van der Waals surface area (Å²) in [5, 5.41) is 0. The lowest BCUT2D eigenvalue weighted by Gasteiger charge is -2.34. The number of hydrogen-bond acceptors (Lipinski definition) is 8. The molecule has 0 aromatic rings. The third-order valence-electron chi connectivity index (χ3n) is 6.52. The average Bonchev–Trinajstić information content (AvgIpc) is 2.84. The van der Waals surface area contributed by atoms with Gasteiger partial charge < -0.3 is 44.2 Å². The zero-order valence-corrected chi connectivity index (χ0v) is 22.0. The molecule has 1 heterocycles. The number of ketones is 2. The van der Waals surface area contributed by atoms with E-state index in [2.05, 4.69) is 19.8 Å². The molecule has 12 N–H and O–H groups in total. The molecule has 1 rings (SSSR count). The van der Waals surface area contributed by atoms with E-state index in [0.717, 1.165) is 65.0 Å². The van der Waals surface area contributed by atoms with Crippen LogP contribution in [0.4, 0.5) is 0 Å². The predicted molar refractivity (Wildman–Crippen MR) is 146 cm³/mol. The molecule has 12 heteroatoms. The summed E-state index contributed by atoms with van der Waals surface area (Å²) in [5.41, 5.74) is 33.1. The number of Topliss-reactive ketones (excluding diaryl/α,β-unsaturated/α-hetero) is 2. The van der Waals surface area contributed by atoms with E-state index < -0.39 is 12.1 Å². The Morgan fingerprint density at radius 2 is 0.972 bits per heavy atom. The Morgan fingerprint density at radius 1 is 0.611 bits per heavy atom. The molecule has 0 bridgehead atoms. The molecular weight excluding hydrogens is 460 g/mol. The largest absolute Gasteiger partial charge is 0.370 e. The van der Waals surface area contributed by atoms with Gasteiger partial charge in [-0.15, -0.1) is 0 Å². The van der Waals surface area contributed by atoms with E-state index in [-0.39, 0.29) is 23.5 Å². The van der Waals surface area contributed by atoms with Gasteiger partial charge in [0.1, 0.15) is 11.6 Å². The number of aliphatic imine (C=N–C) groups is 2. The SMILES string of the molecule is NC(N)=NCCCC(N)C(=O)CCCCN1CCN(CCCCC(=O)C(N)CCCN=C(N)N)CC1. The smallest absolute Gasteiger partial charge is 0.185 e. The van der Waals surface area contributed by atoms with Crippen LogP contribution in [0.2, 0.25) is 0 Å². The van der Waals surface area contributed by atoms with Crippen molar-refractivity contribution in [2.24, 2.45) is 44.4 Å². The van der Waals surface area contributed by atoms with Gasteiger partial charge in [-0.05, 0) is 64.5 Å². The van der Waals surface area contributed by atoms with Crippen molar-refractivity contribution in [1.29, 1.82) is 0 Å². The maximum atomic E-state index is 12.2. The fourth-order valence-electron chi connectivity index (χ4n) is 4.24. The lowest BCUT2D eigenvalue weighted by molar-refractivity contribution is -0.121. The number of nitrogens with two attached hydrogens (primary N) is 6. The molecule has 12 nitrogen and oxygen atoms in total. The minimum atomic E-state index is -0.426. The lowest BCUT2D eigenvalue weighted by atomic mass is 10.0. The summed E-state index contributed by atoms with van der Waals surface area (Å²) >= 11 is 0. The number of rotatable bonds is 20. The van der Waals surface area contributed by atoms with Gasteiger partial charge in [0.2, 0.25) is 0 Å². The second kappa shape index (κ2) is 18.9. The molecule has 1 aliphatic heterocycles. The van der Waals surface area contributed by atoms with Gasteiger partial charge in [0, 0.05) is 52.1 Å². The molecule has 2 atom stereocenters. The summed E-state index contributed by atoms with van der Waals surface area (Å²) in [6, 6.07) is -0.852. The van der Waals surface area contributed by atoms with Crippen LogP contribution < -0.4 is 34.4 Å². The molecular formula is C24H50N10O2. The molecule has 2 unspecified atom stereocenters. The molecule has 36 heavy (non-hydrogen) atoms. The highest BCUT2D eigenvalue weighted by Crippen LogP contribution is 2.09. The van der Waals surface area contributed by atoms with Crippen LogP contribution >= 0.6 is 0 Å². The first kappa shape index (κ1) is 31.7. The fraction of sp³-hybridized carbons (Fsp3) is 0.833. The predicted octanol–water partition coefficient (Wildman–Crippen LogP) is -1.16. The van der Waals surface area contributed by atoms with Crippen LogP contribution in [0.25, 0.3) is 0 Å². The average molecular weight is 511 g/mol. The number of carbonyl (C=O) groups excluding carboxylic acids is 2. The number of guanidine groups is 2. The van der Waals surface area contributed by atoms with Gasteiger partial charge in [-0.1, -0.05) is 0 Å². The second-order valence-electron chi connectivity index (χ2n) is 9.64. The van der Waals surface area contributed by atoms with Crippen molar-refractivity contribution in [2.75, 3.05) is 52.4 Å². The van der Waals surface area contributed by atoms with Gasteiger partial charge in [-0.25, -0.2) is 0 Å². The molecule has 0 aromatic carbocycles. The zero-order chi connectivity index (χ0) is 26.8. The van der Waals surface area contributed by atoms with E-state index in [0.29, 0.717) is 51.6 Å². The molecule has 0 radical (unpaired) electrons. The third-order valence-corrected chi connectivity index (χ3v) is 6.52. The van der Waals surface area contributed by atoms with E-state index in [1.54, 1.807) is 0 Å². The van der Waals surface area contributed by atoms with Crippen LogP contribution in [-0.2, 0) is 9.59 Å². The van der Waals surface area contributed by atoms with Gasteiger partial charge in [0.25, 0.3) is 0 Å². The van der Waals surface area contributed by atoms with E-state index in [9.17, 15) is 9.59 Å². The van der Waals surface area contributed by atoms with Gasteiger partial charge in [-0.2, -0.15) is 0 Å². The van der Waals surface area contributed by atoms with Crippen molar-refractivity contribution in [1.82, 2.24) is 9.80 Å². The maximum Gasteiger partial charge on any atom is 0.185 e. The summed E-state index contributed by atoms with van der Waals surface area (Å²) < 4.78 is 0. The van der Waals surface area contributed by atoms with Crippen LogP contribution in [0.3, 0.4) is 0 Å². The number of unbranched alkanes of at least 4 members (excludes halogenated alkanes) is 2. The van der Waals surface area contributed by atoms with E-state index in [1.165, 1.54) is 0 Å². The minimum absolute atomic E-state index is 0.0666. The molecule has 0 amide bonds. The summed E-state index contributed by atoms with van der Waals surface area (Å²) in [4.78, 5) is 37.1. The molecule has 1 aliphatic rings. The van der Waals surface area contributed by atoms with Gasteiger partial charge in [-0.3, -0.25) is 19.6 Å². The van der Waals surface area contributed by atoms with Crippen LogP contribution in [0.15, 0.2) is 9.98 Å². The highest BCUT2D eigenvalue weighted by atomic mass is 16.1. The van der Waals surface area contributed by atoms with Crippen molar-refractivity contribution in [3.8, 4) is 0 Å². The Labute approximate surface area is 216 Å². The molecule has 0 aromatic heterocycles. The Morgan fingerprint density at radius 3 is 1.31 bits per heavy atom. The Bertz CT molecular complexity index is 626. The standard InChI is InChI=1S/C24H50N10O2/c25-19(7-5-11-31-23(27)28)21(35)9-1-3-13-33-15-17-34(18-16-33)14-4-2-10-22(36)20(26)8-6-12-32-24(29)30/h19-20H,1-18,25-26H2,(H4,27,28,31)(H4,29,30,32). The summed E-state index contributed by atoms with van der Waals surface area (Å²) in [7, 11) is 0. The zero-order valence-electron chi connectivity index (χ0n) is 22.0. The summed E-state index contributed by atoms with van der Waals surface area (Å²) in [6.07, 6.45) is 7.43. The van der Waals surface area contributed by atoms with Gasteiger partial charge in [0.15, 0.2) is 11.9 Å². The van der Waals surface area contributed by atoms with Crippen LogP contribution in [0.5, 0.6) is 0 Å². The Kier molecular flexibility index (Phi) is 16.7. The molecule has 0 saturated carbocycles. The lowest BCUT2D eigenvalue weighted by Crippen LogP contribution is -2.46. The van der Waals surface area contributed by atoms with Crippen LogP contribution in [0, 0.1) is 0 Å². The highest BCUT2D eigenvalue weighted by molar-refractivity contribution is 5.84. The summed E-state index contributed by atoms with van der Waals surface area (Å²) in [6.45, 7) is 7.19. The first-order valence-corrected chi connectivity index (χ1v) is 13.3. The first-order valence-electron chi connectivity index (χ1n) is 13.3. The monoisotopic (exact) mass is 510 g/mol. The van der Waals surface area contributed by atoms with Gasteiger partial charge in [0.05, 0.1) is 12.1 Å². The second-order valence-corrected chi connectivity index (χ2v) is 9.64. The van der Waals surface area contributed by atoms with E-state index >= 15 is 0 Å². The fourth-order valence-corrected chi connectivity index (χ4v) is 4.24. The normalized spacial score (nSPS) is 16.3. The quantitative estimate of drug-likeness (QED) is 0.0655. The number of carbonyl (C=O) groups is 2. The van der Waals surface area contributed by atoms with Crippen molar-refractivity contribution >= 4 is 23.5 Å². The van der Waals surface area contributed by atoms with Crippen LogP contribution in [0.1, 0.15) is 64.2 Å². The molecule has 1 saturated heterocycles. The minimum Gasteiger partial charge on any atom is -0.370 e. The third kappa shape index (κ3) is 15.7. The van der Waals surface area contributed by atoms with Crippen molar-refractivity contribution in [3.63, 3.8) is 0 Å². The van der Waals surface area contributed by atoms with Crippen LogP contribution in [-0.4, -0.2) is 97.7 Å². The Hall–Kier alpha value is -2.28. The van der Waals surface area contributed by atoms with Gasteiger partial charge >= 0.3 is 0 Å². The van der Waals surface area contributed by atoms with Crippen molar-refractivity contribution < 1.29 is 9.59 Å². The maximum absolute atomic E-state index is 12.2. The molecule has 208 valence electrons. The van der Waals surface area contributed by atoms with E-state index in [4.69, 9.17) is 34.4 Å². The first-order chi connectivity index (χ1) is 17.2. The highest BCUT2D eigenvalue weighted by Gasteiger charge is 2.18. The van der Waals surface area contributed by atoms with E-state index in [1.807, 2.05) is 0 Å². The number of piperazine rings is 1. The topological polar surface area (TPSA) is 221 Å².